The Hall–Kier alpha value is -1.32. The molecule has 2 N–H and O–H groups in total. The van der Waals surface area contributed by atoms with Gasteiger partial charge in [0.25, 0.3) is 0 Å². The molecule has 0 saturated heterocycles. The molecule has 0 bridgehead atoms. The van der Waals surface area contributed by atoms with Crippen LogP contribution in [-0.2, 0) is 6.42 Å². The lowest BCUT2D eigenvalue weighted by Gasteiger charge is -2.12. The van der Waals surface area contributed by atoms with Gasteiger partial charge < -0.3 is 10.5 Å². The molecule has 0 aliphatic heterocycles. The highest BCUT2D eigenvalue weighted by molar-refractivity contribution is 7.07. The first-order valence-electron chi connectivity index (χ1n) is 5.79. The van der Waals surface area contributed by atoms with Gasteiger partial charge in [-0.25, -0.2) is 0 Å². The molecule has 0 saturated carbocycles. The lowest BCUT2D eigenvalue weighted by molar-refractivity contribution is 0.340. The fraction of sp³-hybridized carbons (Fsp3) is 0.286. The summed E-state index contributed by atoms with van der Waals surface area (Å²) < 4.78 is 5.41. The molecule has 1 atom stereocenters. The fourth-order valence-electron chi connectivity index (χ4n) is 1.76. The molecule has 0 aliphatic carbocycles. The van der Waals surface area contributed by atoms with Crippen molar-refractivity contribution in [2.24, 2.45) is 5.73 Å². The summed E-state index contributed by atoms with van der Waals surface area (Å²) in [6.45, 7) is 2.68. The zero-order chi connectivity index (χ0) is 12.1. The monoisotopic (exact) mass is 247 g/mol. The van der Waals surface area contributed by atoms with E-state index in [0.717, 1.165) is 17.7 Å². The molecule has 1 heterocycles. The van der Waals surface area contributed by atoms with Crippen molar-refractivity contribution in [2.45, 2.75) is 19.4 Å². The van der Waals surface area contributed by atoms with Crippen LogP contribution in [0.25, 0.3) is 0 Å². The van der Waals surface area contributed by atoms with Crippen LogP contribution in [0.3, 0.4) is 0 Å². The molecule has 0 spiro atoms. The average molecular weight is 247 g/mol. The van der Waals surface area contributed by atoms with Gasteiger partial charge in [-0.1, -0.05) is 12.1 Å². The van der Waals surface area contributed by atoms with E-state index in [9.17, 15) is 0 Å². The van der Waals surface area contributed by atoms with Crippen LogP contribution in [0.2, 0.25) is 0 Å². The van der Waals surface area contributed by atoms with Crippen LogP contribution in [0.1, 0.15) is 24.1 Å². The summed E-state index contributed by atoms with van der Waals surface area (Å²) in [7, 11) is 0. The minimum atomic E-state index is 0.0558. The molecule has 3 heteroatoms. The maximum absolute atomic E-state index is 6.17. The smallest absolute Gasteiger partial charge is 0.119 e. The number of thiophene rings is 1. The first-order valence-corrected chi connectivity index (χ1v) is 6.73. The third kappa shape index (κ3) is 3.32. The summed E-state index contributed by atoms with van der Waals surface area (Å²) in [5.41, 5.74) is 8.63. The van der Waals surface area contributed by atoms with E-state index in [1.54, 1.807) is 11.3 Å². The van der Waals surface area contributed by atoms with Gasteiger partial charge >= 0.3 is 0 Å². The molecule has 1 unspecified atom stereocenters. The predicted molar refractivity (Wildman–Crippen MR) is 72.6 cm³/mol. The van der Waals surface area contributed by atoms with Crippen LogP contribution in [-0.4, -0.2) is 6.61 Å². The molecule has 1 aromatic heterocycles. The largest absolute Gasteiger partial charge is 0.494 e. The molecule has 17 heavy (non-hydrogen) atoms. The molecular weight excluding hydrogens is 230 g/mol. The van der Waals surface area contributed by atoms with E-state index in [-0.39, 0.29) is 6.04 Å². The Morgan fingerprint density at radius 1 is 1.24 bits per heavy atom. The molecule has 2 rings (SSSR count). The molecule has 90 valence electrons. The van der Waals surface area contributed by atoms with Gasteiger partial charge in [0.15, 0.2) is 0 Å². The predicted octanol–water partition coefficient (Wildman–Crippen LogP) is 3.39. The second-order valence-electron chi connectivity index (χ2n) is 3.94. The Kier molecular flexibility index (Phi) is 4.18. The molecular formula is C14H17NOS. The third-order valence-corrected chi connectivity index (χ3v) is 3.39. The molecule has 0 radical (unpaired) electrons. The topological polar surface area (TPSA) is 35.2 Å². The first kappa shape index (κ1) is 12.1. The summed E-state index contributed by atoms with van der Waals surface area (Å²) in [4.78, 5) is 0. The minimum Gasteiger partial charge on any atom is -0.494 e. The minimum absolute atomic E-state index is 0.0558. The van der Waals surface area contributed by atoms with Gasteiger partial charge in [0.2, 0.25) is 0 Å². The molecule has 2 nitrogen and oxygen atoms in total. The summed E-state index contributed by atoms with van der Waals surface area (Å²) >= 11 is 1.71. The Morgan fingerprint density at radius 3 is 2.59 bits per heavy atom. The highest BCUT2D eigenvalue weighted by Gasteiger charge is 2.07. The second kappa shape index (κ2) is 5.84. The van der Waals surface area contributed by atoms with Crippen molar-refractivity contribution in [3.8, 4) is 5.75 Å². The van der Waals surface area contributed by atoms with Crippen molar-refractivity contribution >= 4 is 11.3 Å². The van der Waals surface area contributed by atoms with E-state index in [0.29, 0.717) is 6.61 Å². The molecule has 0 aliphatic rings. The number of nitrogens with two attached hydrogens (primary N) is 1. The maximum atomic E-state index is 6.17. The van der Waals surface area contributed by atoms with Crippen LogP contribution >= 0.6 is 11.3 Å². The van der Waals surface area contributed by atoms with Crippen molar-refractivity contribution < 1.29 is 4.74 Å². The quantitative estimate of drug-likeness (QED) is 0.879. The molecule has 0 amide bonds. The van der Waals surface area contributed by atoms with Crippen LogP contribution in [0.15, 0.2) is 41.1 Å². The van der Waals surface area contributed by atoms with E-state index in [4.69, 9.17) is 10.5 Å². The second-order valence-corrected chi connectivity index (χ2v) is 4.72. The lowest BCUT2D eigenvalue weighted by atomic mass is 10.0. The number of hydrogen-bond donors (Lipinski definition) is 1. The zero-order valence-electron chi connectivity index (χ0n) is 9.93. The Bertz CT molecular complexity index is 436. The van der Waals surface area contributed by atoms with Crippen LogP contribution in [0.4, 0.5) is 0 Å². The number of benzene rings is 1. The standard InChI is InChI=1S/C14H17NOS/c1-2-16-13-5-3-12(4-6-13)14(15)9-11-7-8-17-10-11/h3-8,10,14H,2,9,15H2,1H3. The van der Waals surface area contributed by atoms with Gasteiger partial charge in [0, 0.05) is 6.04 Å². The Morgan fingerprint density at radius 2 is 2.00 bits per heavy atom. The van der Waals surface area contributed by atoms with Gasteiger partial charge in [-0.15, -0.1) is 0 Å². The summed E-state index contributed by atoms with van der Waals surface area (Å²) in [6.07, 6.45) is 0.886. The van der Waals surface area contributed by atoms with Gasteiger partial charge in [0.1, 0.15) is 5.75 Å². The third-order valence-electron chi connectivity index (χ3n) is 2.65. The van der Waals surface area contributed by atoms with Gasteiger partial charge in [0.05, 0.1) is 6.61 Å². The normalized spacial score (nSPS) is 12.4. The lowest BCUT2D eigenvalue weighted by Crippen LogP contribution is -2.12. The van der Waals surface area contributed by atoms with E-state index >= 15 is 0 Å². The van der Waals surface area contributed by atoms with Crippen molar-refractivity contribution in [2.75, 3.05) is 6.61 Å². The van der Waals surface area contributed by atoms with Gasteiger partial charge in [-0.3, -0.25) is 0 Å². The van der Waals surface area contributed by atoms with E-state index in [2.05, 4.69) is 16.8 Å². The van der Waals surface area contributed by atoms with Crippen molar-refractivity contribution in [3.63, 3.8) is 0 Å². The van der Waals surface area contributed by atoms with Crippen LogP contribution in [0.5, 0.6) is 5.75 Å². The van der Waals surface area contributed by atoms with Crippen molar-refractivity contribution in [1.29, 1.82) is 0 Å². The fourth-order valence-corrected chi connectivity index (χ4v) is 2.44. The Balaban J connectivity index is 2.01. The van der Waals surface area contributed by atoms with Gasteiger partial charge in [-0.05, 0) is 53.4 Å². The zero-order valence-corrected chi connectivity index (χ0v) is 10.7. The average Bonchev–Trinajstić information content (AvgIpc) is 2.83. The summed E-state index contributed by atoms with van der Waals surface area (Å²) in [5.74, 6) is 0.902. The molecule has 0 fully saturated rings. The number of rotatable bonds is 5. The van der Waals surface area contributed by atoms with Crippen molar-refractivity contribution in [1.82, 2.24) is 0 Å². The molecule has 1 aromatic carbocycles. The highest BCUT2D eigenvalue weighted by Crippen LogP contribution is 2.20. The first-order chi connectivity index (χ1) is 8.29. The van der Waals surface area contributed by atoms with E-state index in [1.165, 1.54) is 5.56 Å². The SMILES string of the molecule is CCOc1ccc(C(N)Cc2ccsc2)cc1. The maximum Gasteiger partial charge on any atom is 0.119 e. The number of hydrogen-bond acceptors (Lipinski definition) is 3. The van der Waals surface area contributed by atoms with Crippen LogP contribution < -0.4 is 10.5 Å². The summed E-state index contributed by atoms with van der Waals surface area (Å²) in [6, 6.07) is 10.2. The number of ether oxygens (including phenoxy) is 1. The molecule has 2 aromatic rings. The van der Waals surface area contributed by atoms with Crippen LogP contribution in [0, 0.1) is 0 Å². The summed E-state index contributed by atoms with van der Waals surface area (Å²) in [5, 5.41) is 4.23. The van der Waals surface area contributed by atoms with E-state index in [1.807, 2.05) is 31.2 Å². The highest BCUT2D eigenvalue weighted by atomic mass is 32.1. The Labute approximate surface area is 106 Å². The van der Waals surface area contributed by atoms with Crippen molar-refractivity contribution in [3.05, 3.63) is 52.2 Å². The van der Waals surface area contributed by atoms with E-state index < -0.39 is 0 Å². The van der Waals surface area contributed by atoms with Gasteiger partial charge in [-0.2, -0.15) is 11.3 Å².